The first-order valence-electron chi connectivity index (χ1n) is 11.2. The van der Waals surface area contributed by atoms with E-state index in [1.54, 1.807) is 6.20 Å². The Morgan fingerprint density at radius 1 is 1.27 bits per heavy atom. The zero-order valence-electron chi connectivity index (χ0n) is 18.4. The number of hydrogen-bond donors (Lipinski definition) is 2. The number of aromatic nitrogens is 4. The van der Waals surface area contributed by atoms with Gasteiger partial charge < -0.3 is 15.0 Å². The van der Waals surface area contributed by atoms with Crippen LogP contribution in [0, 0.1) is 5.92 Å². The number of sulfone groups is 1. The van der Waals surface area contributed by atoms with Gasteiger partial charge in [-0.2, -0.15) is 23.3 Å². The van der Waals surface area contributed by atoms with Gasteiger partial charge in [0.2, 0.25) is 5.95 Å². The van der Waals surface area contributed by atoms with E-state index >= 15 is 0 Å². The van der Waals surface area contributed by atoms with Crippen LogP contribution in [-0.4, -0.2) is 78.1 Å². The van der Waals surface area contributed by atoms with Gasteiger partial charge in [0.05, 0.1) is 36.0 Å². The van der Waals surface area contributed by atoms with Crippen LogP contribution in [0.15, 0.2) is 6.20 Å². The fourth-order valence-electron chi connectivity index (χ4n) is 4.49. The quantitative estimate of drug-likeness (QED) is 0.609. The second-order valence-corrected chi connectivity index (χ2v) is 11.2. The molecule has 1 saturated carbocycles. The molecular weight excluding hydrogens is 461 g/mol. The number of alkyl halides is 3. The first-order chi connectivity index (χ1) is 15.6. The van der Waals surface area contributed by atoms with Gasteiger partial charge in [0.1, 0.15) is 0 Å². The lowest BCUT2D eigenvalue weighted by Gasteiger charge is -2.31. The molecule has 184 valence electrons. The average molecular weight is 491 g/mol. The van der Waals surface area contributed by atoms with E-state index < -0.39 is 28.2 Å². The van der Waals surface area contributed by atoms with E-state index in [-0.39, 0.29) is 23.8 Å². The van der Waals surface area contributed by atoms with Gasteiger partial charge in [0, 0.05) is 25.3 Å². The summed E-state index contributed by atoms with van der Waals surface area (Å²) >= 11 is 0. The van der Waals surface area contributed by atoms with E-state index in [9.17, 15) is 21.6 Å². The lowest BCUT2D eigenvalue weighted by Crippen LogP contribution is -2.41. The van der Waals surface area contributed by atoms with Crippen LogP contribution in [-0.2, 0) is 14.6 Å². The Morgan fingerprint density at radius 2 is 2.03 bits per heavy atom. The summed E-state index contributed by atoms with van der Waals surface area (Å²) in [6, 6.07) is 0.0825. The van der Waals surface area contributed by atoms with Crippen molar-refractivity contribution >= 4 is 32.6 Å². The molecule has 0 aromatic carbocycles. The van der Waals surface area contributed by atoms with Gasteiger partial charge in [-0.15, -0.1) is 0 Å². The molecule has 33 heavy (non-hydrogen) atoms. The molecule has 9 nitrogen and oxygen atoms in total. The number of fused-ring (bicyclic) bond motifs is 1. The molecule has 13 heteroatoms. The van der Waals surface area contributed by atoms with Crippen LogP contribution < -0.4 is 10.2 Å². The number of morpholine rings is 1. The molecule has 0 radical (unpaired) electrons. The number of ether oxygens (including phenoxy) is 1. The predicted molar refractivity (Wildman–Crippen MR) is 118 cm³/mol. The van der Waals surface area contributed by atoms with E-state index in [4.69, 9.17) is 4.74 Å². The first kappa shape index (κ1) is 24.0. The van der Waals surface area contributed by atoms with Gasteiger partial charge in [-0.25, -0.2) is 13.4 Å². The summed E-state index contributed by atoms with van der Waals surface area (Å²) in [6.07, 6.45) is -1.19. The molecule has 2 N–H and O–H groups in total. The van der Waals surface area contributed by atoms with Gasteiger partial charge in [0.15, 0.2) is 21.3 Å². The van der Waals surface area contributed by atoms with Crippen molar-refractivity contribution in [3.05, 3.63) is 6.20 Å². The van der Waals surface area contributed by atoms with Crippen LogP contribution in [0.5, 0.6) is 0 Å². The molecular formula is C20H29F3N6O3S. The van der Waals surface area contributed by atoms with Gasteiger partial charge in [-0.3, -0.25) is 5.10 Å². The third kappa shape index (κ3) is 6.46. The Balaban J connectivity index is 1.30. The SMILES string of the molecule is C[C@H]1CN(c2n[nH]c3nc(NC4CCC(CS(=O)(=O)CCC(F)(F)F)CC4)ncc23)CCO1. The molecule has 3 heterocycles. The van der Waals surface area contributed by atoms with Crippen molar-refractivity contribution in [2.24, 2.45) is 5.92 Å². The molecule has 2 aromatic rings. The summed E-state index contributed by atoms with van der Waals surface area (Å²) < 4.78 is 66.6. The Labute approximate surface area is 190 Å². The van der Waals surface area contributed by atoms with Gasteiger partial charge >= 0.3 is 6.18 Å². The minimum atomic E-state index is -4.45. The topological polar surface area (TPSA) is 113 Å². The molecule has 1 aliphatic carbocycles. The summed E-state index contributed by atoms with van der Waals surface area (Å²) in [5, 5.41) is 11.5. The number of rotatable bonds is 7. The minimum Gasteiger partial charge on any atom is -0.375 e. The molecule has 1 aliphatic heterocycles. The molecule has 4 rings (SSSR count). The van der Waals surface area contributed by atoms with Crippen molar-refractivity contribution in [1.29, 1.82) is 0 Å². The maximum absolute atomic E-state index is 12.3. The number of anilines is 2. The number of hydrogen-bond acceptors (Lipinski definition) is 8. The maximum Gasteiger partial charge on any atom is 0.390 e. The molecule has 0 amide bonds. The second kappa shape index (κ2) is 9.61. The Morgan fingerprint density at radius 3 is 2.73 bits per heavy atom. The van der Waals surface area contributed by atoms with Crippen molar-refractivity contribution in [2.45, 2.75) is 57.3 Å². The monoisotopic (exact) mass is 490 g/mol. The molecule has 1 saturated heterocycles. The molecule has 2 aliphatic rings. The minimum absolute atomic E-state index is 0.0825. The van der Waals surface area contributed by atoms with Crippen molar-refractivity contribution in [3.63, 3.8) is 0 Å². The maximum atomic E-state index is 12.3. The van der Waals surface area contributed by atoms with Crippen LogP contribution in [0.4, 0.5) is 24.9 Å². The predicted octanol–water partition coefficient (Wildman–Crippen LogP) is 2.92. The van der Waals surface area contributed by atoms with E-state index in [1.807, 2.05) is 6.92 Å². The third-order valence-electron chi connectivity index (χ3n) is 6.20. The summed E-state index contributed by atoms with van der Waals surface area (Å²) in [6.45, 7) is 4.16. The van der Waals surface area contributed by atoms with Crippen molar-refractivity contribution in [2.75, 3.05) is 41.4 Å². The van der Waals surface area contributed by atoms with Crippen LogP contribution in [0.2, 0.25) is 0 Å². The zero-order valence-corrected chi connectivity index (χ0v) is 19.3. The van der Waals surface area contributed by atoms with E-state index in [0.29, 0.717) is 43.9 Å². The van der Waals surface area contributed by atoms with Crippen LogP contribution in [0.1, 0.15) is 39.0 Å². The summed E-state index contributed by atoms with van der Waals surface area (Å²) in [5.74, 6) is 0.136. The lowest BCUT2D eigenvalue weighted by atomic mass is 9.87. The Bertz CT molecular complexity index is 1050. The Hall–Kier alpha value is -2.15. The van der Waals surface area contributed by atoms with Gasteiger partial charge in [0.25, 0.3) is 0 Å². The average Bonchev–Trinajstić information content (AvgIpc) is 3.17. The molecule has 2 aromatic heterocycles. The molecule has 0 spiro atoms. The molecule has 0 unspecified atom stereocenters. The van der Waals surface area contributed by atoms with Crippen LogP contribution in [0.3, 0.4) is 0 Å². The highest BCUT2D eigenvalue weighted by Crippen LogP contribution is 2.29. The number of nitrogens with zero attached hydrogens (tertiary/aromatic N) is 4. The van der Waals surface area contributed by atoms with Crippen molar-refractivity contribution in [3.8, 4) is 0 Å². The molecule has 1 atom stereocenters. The standard InChI is InChI=1S/C20H29F3N6O3S/c1-13-11-29(7-8-32-13)18-16-10-24-19(26-17(16)27-28-18)25-15-4-2-14(3-5-15)12-33(30,31)9-6-20(21,22)23/h10,13-15H,2-9,11-12H2,1H3,(H2,24,25,26,27,28)/t13-,14?,15?/m0/s1. The number of aromatic amines is 1. The van der Waals surface area contributed by atoms with Crippen molar-refractivity contribution < 1.29 is 26.3 Å². The second-order valence-electron chi connectivity index (χ2n) is 8.97. The van der Waals surface area contributed by atoms with Crippen LogP contribution in [0.25, 0.3) is 11.0 Å². The first-order valence-corrected chi connectivity index (χ1v) is 13.0. The normalized spacial score (nSPS) is 24.8. The highest BCUT2D eigenvalue weighted by Gasteiger charge is 2.32. The fourth-order valence-corrected chi connectivity index (χ4v) is 6.25. The molecule has 0 bridgehead atoms. The van der Waals surface area contributed by atoms with E-state index in [0.717, 1.165) is 24.3 Å². The summed E-state index contributed by atoms with van der Waals surface area (Å²) in [5.41, 5.74) is 0.631. The van der Waals surface area contributed by atoms with E-state index in [1.165, 1.54) is 0 Å². The zero-order chi connectivity index (χ0) is 23.6. The number of halogens is 3. The van der Waals surface area contributed by atoms with Crippen LogP contribution >= 0.6 is 0 Å². The highest BCUT2D eigenvalue weighted by atomic mass is 32.2. The fraction of sp³-hybridized carbons (Fsp3) is 0.750. The smallest absolute Gasteiger partial charge is 0.375 e. The summed E-state index contributed by atoms with van der Waals surface area (Å²) in [4.78, 5) is 11.1. The highest BCUT2D eigenvalue weighted by molar-refractivity contribution is 7.91. The summed E-state index contributed by atoms with van der Waals surface area (Å²) in [7, 11) is -3.71. The van der Waals surface area contributed by atoms with Crippen molar-refractivity contribution in [1.82, 2.24) is 20.2 Å². The van der Waals surface area contributed by atoms with Gasteiger partial charge in [-0.05, 0) is 38.5 Å². The van der Waals surface area contributed by atoms with E-state index in [2.05, 4.69) is 30.4 Å². The third-order valence-corrected chi connectivity index (χ3v) is 8.01. The van der Waals surface area contributed by atoms with Gasteiger partial charge in [-0.1, -0.05) is 0 Å². The number of nitrogens with one attached hydrogen (secondary N) is 2. The molecule has 2 fully saturated rings. The Kier molecular flexibility index (Phi) is 6.99. The lowest BCUT2D eigenvalue weighted by molar-refractivity contribution is -0.129. The largest absolute Gasteiger partial charge is 0.390 e. The number of H-pyrrole nitrogens is 1.